The van der Waals surface area contributed by atoms with E-state index in [1.807, 2.05) is 0 Å². The van der Waals surface area contributed by atoms with E-state index in [1.165, 1.54) is 0 Å². The minimum Gasteiger partial charge on any atom is -0.480 e. The van der Waals surface area contributed by atoms with Gasteiger partial charge in [-0.25, -0.2) is 9.59 Å². The van der Waals surface area contributed by atoms with Crippen molar-refractivity contribution >= 4 is 23.8 Å². The summed E-state index contributed by atoms with van der Waals surface area (Å²) >= 11 is 0. The SMILES string of the molecule is CCC1C(=O)NC(=O)CN1C(=O)NC(CC)(CC)C(=O)O. The van der Waals surface area contributed by atoms with E-state index in [9.17, 15) is 24.3 Å². The molecule has 1 aliphatic heterocycles. The van der Waals surface area contributed by atoms with E-state index in [2.05, 4.69) is 10.6 Å². The van der Waals surface area contributed by atoms with Gasteiger partial charge in [0, 0.05) is 0 Å². The van der Waals surface area contributed by atoms with E-state index < -0.39 is 35.4 Å². The van der Waals surface area contributed by atoms with E-state index in [0.717, 1.165) is 4.90 Å². The third-order valence-electron chi connectivity index (χ3n) is 3.87. The predicted molar refractivity (Wildman–Crippen MR) is 73.4 cm³/mol. The van der Waals surface area contributed by atoms with Crippen LogP contribution >= 0.6 is 0 Å². The molecule has 0 aliphatic carbocycles. The van der Waals surface area contributed by atoms with Crippen molar-refractivity contribution in [1.82, 2.24) is 15.5 Å². The Bertz CT molecular complexity index is 459. The fourth-order valence-electron chi connectivity index (χ4n) is 2.35. The van der Waals surface area contributed by atoms with Gasteiger partial charge in [0.1, 0.15) is 18.1 Å². The highest BCUT2D eigenvalue weighted by atomic mass is 16.4. The molecule has 1 aliphatic rings. The smallest absolute Gasteiger partial charge is 0.329 e. The first kappa shape index (κ1) is 16.9. The van der Waals surface area contributed by atoms with Gasteiger partial charge < -0.3 is 15.3 Å². The lowest BCUT2D eigenvalue weighted by molar-refractivity contribution is -0.144. The summed E-state index contributed by atoms with van der Waals surface area (Å²) in [4.78, 5) is 47.9. The zero-order valence-corrected chi connectivity index (χ0v) is 12.4. The second-order valence-electron chi connectivity index (χ2n) is 4.99. The maximum Gasteiger partial charge on any atom is 0.329 e. The predicted octanol–water partition coefficient (Wildman–Crippen LogP) is 0.0764. The molecule has 1 saturated heterocycles. The van der Waals surface area contributed by atoms with Crippen LogP contribution in [0.4, 0.5) is 4.79 Å². The first-order valence-corrected chi connectivity index (χ1v) is 6.97. The van der Waals surface area contributed by atoms with E-state index >= 15 is 0 Å². The molecule has 4 amide bonds. The average molecular weight is 299 g/mol. The van der Waals surface area contributed by atoms with Crippen LogP contribution in [0.15, 0.2) is 0 Å². The van der Waals surface area contributed by atoms with Gasteiger partial charge in [-0.05, 0) is 19.3 Å². The van der Waals surface area contributed by atoms with Crippen molar-refractivity contribution in [1.29, 1.82) is 0 Å². The molecule has 0 saturated carbocycles. The van der Waals surface area contributed by atoms with Gasteiger partial charge >= 0.3 is 12.0 Å². The molecular weight excluding hydrogens is 278 g/mol. The van der Waals surface area contributed by atoms with Gasteiger partial charge in [-0.3, -0.25) is 14.9 Å². The maximum absolute atomic E-state index is 12.3. The summed E-state index contributed by atoms with van der Waals surface area (Å²) in [7, 11) is 0. The Hall–Kier alpha value is -2.12. The molecule has 1 rings (SSSR count). The van der Waals surface area contributed by atoms with Crippen LogP contribution in [0.3, 0.4) is 0 Å². The lowest BCUT2D eigenvalue weighted by Crippen LogP contribution is -2.65. The van der Waals surface area contributed by atoms with Crippen molar-refractivity contribution in [3.63, 3.8) is 0 Å². The van der Waals surface area contributed by atoms with Gasteiger partial charge in [-0.1, -0.05) is 20.8 Å². The highest BCUT2D eigenvalue weighted by Crippen LogP contribution is 2.18. The quantitative estimate of drug-likeness (QED) is 0.622. The Morgan fingerprint density at radius 2 is 1.90 bits per heavy atom. The Labute approximate surface area is 122 Å². The third-order valence-corrected chi connectivity index (χ3v) is 3.87. The van der Waals surface area contributed by atoms with E-state index in [-0.39, 0.29) is 19.4 Å². The summed E-state index contributed by atoms with van der Waals surface area (Å²) in [5.41, 5.74) is -1.40. The molecule has 1 atom stereocenters. The lowest BCUT2D eigenvalue weighted by atomic mass is 9.93. The molecular formula is C13H21N3O5. The van der Waals surface area contributed by atoms with Crippen LogP contribution in [0.2, 0.25) is 0 Å². The number of carboxylic acids is 1. The fourth-order valence-corrected chi connectivity index (χ4v) is 2.35. The first-order chi connectivity index (χ1) is 9.81. The number of rotatable bonds is 5. The number of piperazine rings is 1. The average Bonchev–Trinajstić information content (AvgIpc) is 2.43. The molecule has 0 radical (unpaired) electrons. The number of imide groups is 1. The van der Waals surface area contributed by atoms with Crippen molar-refractivity contribution in [3.05, 3.63) is 0 Å². The Morgan fingerprint density at radius 1 is 1.33 bits per heavy atom. The summed E-state index contributed by atoms with van der Waals surface area (Å²) in [6.07, 6.45) is 0.746. The van der Waals surface area contributed by atoms with Crippen LogP contribution in [0.1, 0.15) is 40.0 Å². The molecule has 8 nitrogen and oxygen atoms in total. The number of nitrogens with zero attached hydrogens (tertiary/aromatic N) is 1. The molecule has 0 bridgehead atoms. The van der Waals surface area contributed by atoms with Crippen molar-refractivity contribution in [2.24, 2.45) is 0 Å². The topological polar surface area (TPSA) is 116 Å². The van der Waals surface area contributed by atoms with Gasteiger partial charge in [0.2, 0.25) is 11.8 Å². The van der Waals surface area contributed by atoms with Gasteiger partial charge in [0.15, 0.2) is 0 Å². The largest absolute Gasteiger partial charge is 0.480 e. The van der Waals surface area contributed by atoms with Crippen LogP contribution in [-0.4, -0.2) is 51.9 Å². The molecule has 1 heterocycles. The number of carboxylic acid groups (broad SMARTS) is 1. The van der Waals surface area contributed by atoms with Crippen molar-refractivity contribution in [3.8, 4) is 0 Å². The van der Waals surface area contributed by atoms with Crippen molar-refractivity contribution in [2.75, 3.05) is 6.54 Å². The monoisotopic (exact) mass is 299 g/mol. The molecule has 0 spiro atoms. The molecule has 118 valence electrons. The maximum atomic E-state index is 12.3. The van der Waals surface area contributed by atoms with Crippen LogP contribution in [0, 0.1) is 0 Å². The van der Waals surface area contributed by atoms with Crippen LogP contribution in [0.5, 0.6) is 0 Å². The van der Waals surface area contributed by atoms with Crippen molar-refractivity contribution in [2.45, 2.75) is 51.6 Å². The number of amides is 4. The minimum atomic E-state index is -1.40. The highest BCUT2D eigenvalue weighted by Gasteiger charge is 2.41. The lowest BCUT2D eigenvalue weighted by Gasteiger charge is -2.37. The molecule has 0 aromatic heterocycles. The Morgan fingerprint density at radius 3 is 2.33 bits per heavy atom. The van der Waals surface area contributed by atoms with Crippen LogP contribution in [-0.2, 0) is 14.4 Å². The zero-order valence-electron chi connectivity index (χ0n) is 12.4. The van der Waals surface area contributed by atoms with Gasteiger partial charge in [-0.15, -0.1) is 0 Å². The van der Waals surface area contributed by atoms with E-state index in [4.69, 9.17) is 0 Å². The Balaban J connectivity index is 2.97. The van der Waals surface area contributed by atoms with Crippen molar-refractivity contribution < 1.29 is 24.3 Å². The molecule has 3 N–H and O–H groups in total. The second kappa shape index (κ2) is 6.55. The van der Waals surface area contributed by atoms with E-state index in [0.29, 0.717) is 6.42 Å². The first-order valence-electron chi connectivity index (χ1n) is 6.97. The molecule has 21 heavy (non-hydrogen) atoms. The van der Waals surface area contributed by atoms with Crippen LogP contribution in [0.25, 0.3) is 0 Å². The summed E-state index contributed by atoms with van der Waals surface area (Å²) in [6.45, 7) is 4.76. The molecule has 0 aromatic rings. The summed E-state index contributed by atoms with van der Waals surface area (Å²) in [5, 5.41) is 13.9. The standard InChI is InChI=1S/C13H21N3O5/c1-4-8-10(18)14-9(17)7-16(8)12(21)15-13(5-2,6-3)11(19)20/h8H,4-7H2,1-3H3,(H,15,21)(H,19,20)(H,14,17,18). The fraction of sp³-hybridized carbons (Fsp3) is 0.692. The Kier molecular flexibility index (Phi) is 5.28. The number of hydrogen-bond donors (Lipinski definition) is 3. The number of carbonyl (C=O) groups excluding carboxylic acids is 3. The molecule has 1 unspecified atom stereocenters. The minimum absolute atomic E-state index is 0.204. The number of urea groups is 1. The normalized spacial score (nSPS) is 19.2. The number of nitrogens with one attached hydrogen (secondary N) is 2. The summed E-state index contributed by atoms with van der Waals surface area (Å²) < 4.78 is 0. The zero-order chi connectivity index (χ0) is 16.2. The second-order valence-corrected chi connectivity index (χ2v) is 4.99. The summed E-state index contributed by atoms with van der Waals surface area (Å²) in [5.74, 6) is -2.26. The highest BCUT2D eigenvalue weighted by molar-refractivity contribution is 6.04. The van der Waals surface area contributed by atoms with Gasteiger partial charge in [0.25, 0.3) is 0 Å². The van der Waals surface area contributed by atoms with Gasteiger partial charge in [0.05, 0.1) is 0 Å². The molecule has 1 fully saturated rings. The third kappa shape index (κ3) is 3.32. The number of carbonyl (C=O) groups is 4. The van der Waals surface area contributed by atoms with E-state index in [1.54, 1.807) is 20.8 Å². The van der Waals surface area contributed by atoms with Gasteiger partial charge in [-0.2, -0.15) is 0 Å². The molecule has 0 aromatic carbocycles. The summed E-state index contributed by atoms with van der Waals surface area (Å²) in [6, 6.07) is -1.49. The molecule has 8 heteroatoms. The number of aliphatic carboxylic acids is 1. The van der Waals surface area contributed by atoms with Crippen LogP contribution < -0.4 is 10.6 Å². The number of hydrogen-bond acceptors (Lipinski definition) is 4.